The number of primary amides is 1. The Bertz CT molecular complexity index is 1150. The highest BCUT2D eigenvalue weighted by Gasteiger charge is 2.37. The lowest BCUT2D eigenvalue weighted by atomic mass is 9.98. The van der Waals surface area contributed by atoms with Gasteiger partial charge in [0, 0.05) is 25.1 Å². The first-order valence-electron chi connectivity index (χ1n) is 13.0. The van der Waals surface area contributed by atoms with E-state index in [1.165, 1.54) is 4.90 Å². The number of ether oxygens (including phenoxy) is 1. The van der Waals surface area contributed by atoms with Crippen molar-refractivity contribution in [1.82, 2.24) is 15.5 Å². The normalized spacial score (nSPS) is 12.6. The van der Waals surface area contributed by atoms with Gasteiger partial charge in [0.05, 0.1) is 0 Å². The number of phenolic OH excluding ortho intramolecular Hbond substituents is 1. The van der Waals surface area contributed by atoms with Gasteiger partial charge in [-0.3, -0.25) is 14.4 Å². The van der Waals surface area contributed by atoms with Crippen LogP contribution in [0.15, 0.2) is 48.5 Å². The summed E-state index contributed by atoms with van der Waals surface area (Å²) in [6.45, 7) is 8.94. The molecule has 0 saturated carbocycles. The lowest BCUT2D eigenvalue weighted by Gasteiger charge is -2.34. The van der Waals surface area contributed by atoms with E-state index in [2.05, 4.69) is 10.6 Å². The summed E-state index contributed by atoms with van der Waals surface area (Å²) in [7, 11) is 0. The minimum absolute atomic E-state index is 0.0915. The van der Waals surface area contributed by atoms with Crippen molar-refractivity contribution in [3.63, 3.8) is 0 Å². The van der Waals surface area contributed by atoms with Gasteiger partial charge in [-0.1, -0.05) is 55.5 Å². The second kappa shape index (κ2) is 14.2. The maximum Gasteiger partial charge on any atom is 0.408 e. The number of nitrogens with one attached hydrogen (secondary N) is 2. The number of phenols is 1. The van der Waals surface area contributed by atoms with E-state index in [4.69, 9.17) is 10.5 Å². The van der Waals surface area contributed by atoms with Gasteiger partial charge in [0.15, 0.2) is 0 Å². The van der Waals surface area contributed by atoms with Crippen LogP contribution in [-0.2, 0) is 25.7 Å². The average molecular weight is 541 g/mol. The van der Waals surface area contributed by atoms with Gasteiger partial charge in [0.25, 0.3) is 0 Å². The topological polar surface area (TPSA) is 151 Å². The van der Waals surface area contributed by atoms with E-state index in [0.29, 0.717) is 12.0 Å². The van der Waals surface area contributed by atoms with Gasteiger partial charge in [0.1, 0.15) is 23.4 Å². The van der Waals surface area contributed by atoms with Crippen LogP contribution in [0.25, 0.3) is 0 Å². The van der Waals surface area contributed by atoms with Crippen molar-refractivity contribution in [3.8, 4) is 5.75 Å². The largest absolute Gasteiger partial charge is 0.507 e. The Morgan fingerprint density at radius 2 is 1.72 bits per heavy atom. The zero-order chi connectivity index (χ0) is 29.2. The van der Waals surface area contributed by atoms with Gasteiger partial charge in [-0.05, 0) is 51.7 Å². The smallest absolute Gasteiger partial charge is 0.408 e. The van der Waals surface area contributed by atoms with Crippen molar-refractivity contribution in [2.75, 3.05) is 6.54 Å². The molecule has 0 aliphatic carbocycles. The van der Waals surface area contributed by atoms with Crippen molar-refractivity contribution in [3.05, 3.63) is 65.2 Å². The minimum atomic E-state index is -1.21. The van der Waals surface area contributed by atoms with Crippen LogP contribution in [0.1, 0.15) is 69.7 Å². The Morgan fingerprint density at radius 1 is 1.05 bits per heavy atom. The Morgan fingerprint density at radius 3 is 2.31 bits per heavy atom. The predicted octanol–water partition coefficient (Wildman–Crippen LogP) is 3.46. The maximum atomic E-state index is 14.0. The molecule has 0 saturated heterocycles. The molecule has 10 nitrogen and oxygen atoms in total. The summed E-state index contributed by atoms with van der Waals surface area (Å²) in [5, 5.41) is 16.3. The van der Waals surface area contributed by atoms with E-state index in [9.17, 15) is 24.3 Å². The summed E-state index contributed by atoms with van der Waals surface area (Å²) in [6.07, 6.45) is -0.626. The molecule has 10 heteroatoms. The van der Waals surface area contributed by atoms with Gasteiger partial charge in [-0.25, -0.2) is 4.79 Å². The van der Waals surface area contributed by atoms with Gasteiger partial charge in [-0.2, -0.15) is 0 Å². The molecule has 4 amide bonds. The summed E-state index contributed by atoms with van der Waals surface area (Å²) in [4.78, 5) is 53.1. The SMILES string of the molecule is CCCN(C(=O)C(CCC(N)=O)NC(=O)OC(C)(C)C)C(C(=O)NCc1ccccc1)c1cccc(C)c1O. The fourth-order valence-corrected chi connectivity index (χ4v) is 4.04. The van der Waals surface area contributed by atoms with Crippen LogP contribution in [0, 0.1) is 6.92 Å². The number of aryl methyl sites for hydroxylation is 1. The number of nitrogens with zero attached hydrogens (tertiary/aromatic N) is 1. The molecule has 0 aromatic heterocycles. The van der Waals surface area contributed by atoms with E-state index >= 15 is 0 Å². The number of nitrogens with two attached hydrogens (primary N) is 1. The zero-order valence-corrected chi connectivity index (χ0v) is 23.3. The van der Waals surface area contributed by atoms with E-state index in [1.807, 2.05) is 37.3 Å². The first-order chi connectivity index (χ1) is 18.3. The molecule has 0 heterocycles. The summed E-state index contributed by atoms with van der Waals surface area (Å²) in [5.74, 6) is -1.87. The molecule has 5 N–H and O–H groups in total. The molecular weight excluding hydrogens is 500 g/mol. The Hall–Kier alpha value is -4.08. The predicted molar refractivity (Wildman–Crippen MR) is 147 cm³/mol. The summed E-state index contributed by atoms with van der Waals surface area (Å²) >= 11 is 0. The third-order valence-electron chi connectivity index (χ3n) is 5.85. The number of hydrogen-bond acceptors (Lipinski definition) is 6. The van der Waals surface area contributed by atoms with Crippen molar-refractivity contribution >= 4 is 23.8 Å². The van der Waals surface area contributed by atoms with Crippen LogP contribution in [-0.4, -0.2) is 52.0 Å². The maximum absolute atomic E-state index is 14.0. The molecule has 0 radical (unpaired) electrons. The molecule has 2 aromatic rings. The molecule has 39 heavy (non-hydrogen) atoms. The fourth-order valence-electron chi connectivity index (χ4n) is 4.04. The van der Waals surface area contributed by atoms with Crippen LogP contribution < -0.4 is 16.4 Å². The van der Waals surface area contributed by atoms with Crippen LogP contribution in [0.2, 0.25) is 0 Å². The van der Waals surface area contributed by atoms with Crippen LogP contribution >= 0.6 is 0 Å². The molecule has 2 rings (SSSR count). The van der Waals surface area contributed by atoms with Crippen LogP contribution in [0.4, 0.5) is 4.79 Å². The molecule has 212 valence electrons. The number of benzene rings is 2. The van der Waals surface area contributed by atoms with Gasteiger partial charge >= 0.3 is 6.09 Å². The minimum Gasteiger partial charge on any atom is -0.507 e. The molecule has 2 aromatic carbocycles. The first-order valence-corrected chi connectivity index (χ1v) is 13.0. The number of para-hydroxylation sites is 1. The first kappa shape index (κ1) is 31.1. The molecule has 0 fully saturated rings. The number of hydrogen-bond donors (Lipinski definition) is 4. The molecule has 2 atom stereocenters. The Kier molecular flexibility index (Phi) is 11.3. The molecule has 0 aliphatic rings. The second-order valence-corrected chi connectivity index (χ2v) is 10.4. The van der Waals surface area contributed by atoms with E-state index < -0.39 is 41.5 Å². The molecular formula is C29H40N4O6. The van der Waals surface area contributed by atoms with Gasteiger partial charge in [-0.15, -0.1) is 0 Å². The molecule has 2 unspecified atom stereocenters. The highest BCUT2D eigenvalue weighted by molar-refractivity contribution is 5.93. The number of rotatable bonds is 12. The molecule has 0 spiro atoms. The third-order valence-corrected chi connectivity index (χ3v) is 5.85. The number of alkyl carbamates (subject to hydrolysis) is 1. The van der Waals surface area contributed by atoms with Gasteiger partial charge in [0.2, 0.25) is 17.7 Å². The van der Waals surface area contributed by atoms with Crippen molar-refractivity contribution in [1.29, 1.82) is 0 Å². The Balaban J connectivity index is 2.49. The Labute approximate surface area is 229 Å². The number of aromatic hydroxyl groups is 1. The summed E-state index contributed by atoms with van der Waals surface area (Å²) in [6, 6.07) is 11.9. The highest BCUT2D eigenvalue weighted by Crippen LogP contribution is 2.32. The summed E-state index contributed by atoms with van der Waals surface area (Å²) in [5.41, 5.74) is 6.15. The van der Waals surface area contributed by atoms with E-state index in [-0.39, 0.29) is 37.2 Å². The molecule has 0 aliphatic heterocycles. The van der Waals surface area contributed by atoms with Crippen molar-refractivity contribution < 1.29 is 29.0 Å². The number of amides is 4. The van der Waals surface area contributed by atoms with Crippen LogP contribution in [0.5, 0.6) is 5.75 Å². The molecule has 0 bridgehead atoms. The van der Waals surface area contributed by atoms with E-state index in [0.717, 1.165) is 5.56 Å². The lowest BCUT2D eigenvalue weighted by Crippen LogP contribution is -2.53. The quantitative estimate of drug-likeness (QED) is 0.324. The second-order valence-electron chi connectivity index (χ2n) is 10.4. The zero-order valence-electron chi connectivity index (χ0n) is 23.3. The number of carbonyl (C=O) groups excluding carboxylic acids is 4. The van der Waals surface area contributed by atoms with Crippen LogP contribution in [0.3, 0.4) is 0 Å². The fraction of sp³-hybridized carbons (Fsp3) is 0.448. The highest BCUT2D eigenvalue weighted by atomic mass is 16.6. The van der Waals surface area contributed by atoms with Crippen molar-refractivity contribution in [2.24, 2.45) is 5.73 Å². The average Bonchev–Trinajstić information content (AvgIpc) is 2.86. The van der Waals surface area contributed by atoms with E-state index in [1.54, 1.807) is 45.9 Å². The number of carbonyl (C=O) groups is 4. The third kappa shape index (κ3) is 9.63. The van der Waals surface area contributed by atoms with Gasteiger partial charge < -0.3 is 31.1 Å². The lowest BCUT2D eigenvalue weighted by molar-refractivity contribution is -0.143. The van der Waals surface area contributed by atoms with Crippen molar-refractivity contribution in [2.45, 2.75) is 78.1 Å². The standard InChI is InChI=1S/C29H40N4O6/c1-6-17-33(27(37)22(15-16-23(30)34)32-28(38)39-29(3,4)5)24(21-14-10-11-19(2)25(21)35)26(36)31-18-20-12-8-7-9-13-20/h7-14,22,24,35H,6,15-18H2,1-5H3,(H2,30,34)(H,31,36)(H,32,38). The summed E-state index contributed by atoms with van der Waals surface area (Å²) < 4.78 is 5.32. The monoisotopic (exact) mass is 540 g/mol.